The molecule has 1 saturated heterocycles. The molecule has 1 heterocycles. The number of hydrogen-bond donors (Lipinski definition) is 1. The van der Waals surface area contributed by atoms with Gasteiger partial charge in [-0.2, -0.15) is 0 Å². The summed E-state index contributed by atoms with van der Waals surface area (Å²) in [5.41, 5.74) is 0.468. The van der Waals surface area contributed by atoms with Crippen molar-refractivity contribution in [3.8, 4) is 0 Å². The van der Waals surface area contributed by atoms with E-state index in [0.29, 0.717) is 11.5 Å². The van der Waals surface area contributed by atoms with E-state index in [1.807, 2.05) is 0 Å². The van der Waals surface area contributed by atoms with Gasteiger partial charge < -0.3 is 5.32 Å². The maximum absolute atomic E-state index is 3.61. The third kappa shape index (κ3) is 2.91. The van der Waals surface area contributed by atoms with Crippen LogP contribution in [-0.2, 0) is 0 Å². The van der Waals surface area contributed by atoms with Gasteiger partial charge in [-0.3, -0.25) is 4.90 Å². The Labute approximate surface area is 114 Å². The molecule has 106 valence electrons. The highest BCUT2D eigenvalue weighted by molar-refractivity contribution is 5.00. The summed E-state index contributed by atoms with van der Waals surface area (Å²) in [6.07, 6.45) is 8.41. The van der Waals surface area contributed by atoms with Crippen LogP contribution >= 0.6 is 0 Å². The molecule has 2 fully saturated rings. The van der Waals surface area contributed by atoms with Crippen molar-refractivity contribution in [2.24, 2.45) is 11.3 Å². The Balaban J connectivity index is 1.99. The molecule has 3 unspecified atom stereocenters. The first-order valence-electron chi connectivity index (χ1n) is 7.99. The summed E-state index contributed by atoms with van der Waals surface area (Å²) in [6, 6.07) is 1.45. The summed E-state index contributed by atoms with van der Waals surface area (Å²) >= 11 is 0. The zero-order valence-corrected chi connectivity index (χ0v) is 12.8. The van der Waals surface area contributed by atoms with E-state index in [1.165, 1.54) is 51.6 Å². The van der Waals surface area contributed by atoms with Crippen LogP contribution in [0.3, 0.4) is 0 Å². The number of likely N-dealkylation sites (tertiary alicyclic amines) is 1. The van der Waals surface area contributed by atoms with Crippen LogP contribution in [-0.4, -0.2) is 37.1 Å². The van der Waals surface area contributed by atoms with Crippen molar-refractivity contribution in [1.29, 1.82) is 0 Å². The number of hydrogen-bond acceptors (Lipinski definition) is 2. The lowest BCUT2D eigenvalue weighted by Crippen LogP contribution is -2.50. The molecule has 2 heteroatoms. The van der Waals surface area contributed by atoms with E-state index in [2.05, 4.69) is 38.0 Å². The lowest BCUT2D eigenvalue weighted by Gasteiger charge is -2.36. The van der Waals surface area contributed by atoms with Crippen LogP contribution in [0.4, 0.5) is 0 Å². The van der Waals surface area contributed by atoms with E-state index in [1.54, 1.807) is 0 Å². The highest BCUT2D eigenvalue weighted by atomic mass is 15.2. The third-order valence-electron chi connectivity index (χ3n) is 5.55. The molecule has 1 saturated carbocycles. The van der Waals surface area contributed by atoms with Crippen molar-refractivity contribution >= 4 is 0 Å². The van der Waals surface area contributed by atoms with Gasteiger partial charge in [0.05, 0.1) is 0 Å². The van der Waals surface area contributed by atoms with Gasteiger partial charge in [-0.05, 0) is 63.6 Å². The van der Waals surface area contributed by atoms with Crippen molar-refractivity contribution in [3.05, 3.63) is 0 Å². The Morgan fingerprint density at radius 2 is 1.94 bits per heavy atom. The molecule has 0 radical (unpaired) electrons. The molecule has 0 spiro atoms. The predicted molar refractivity (Wildman–Crippen MR) is 78.9 cm³/mol. The van der Waals surface area contributed by atoms with Gasteiger partial charge in [-0.15, -0.1) is 0 Å². The standard InChI is InChI=1S/C16H32N2/c1-5-13-7-6-11-18(12-9-13)14-8-10-16(2,3)15(14)17-4/h13-15,17H,5-12H2,1-4H3. The minimum Gasteiger partial charge on any atom is -0.315 e. The van der Waals surface area contributed by atoms with Crippen LogP contribution in [0.2, 0.25) is 0 Å². The molecular formula is C16H32N2. The highest BCUT2D eigenvalue weighted by Crippen LogP contribution is 2.40. The van der Waals surface area contributed by atoms with Gasteiger partial charge in [0, 0.05) is 12.1 Å². The summed E-state index contributed by atoms with van der Waals surface area (Å²) in [5.74, 6) is 0.984. The zero-order valence-electron chi connectivity index (χ0n) is 12.8. The fourth-order valence-corrected chi connectivity index (χ4v) is 4.27. The summed E-state index contributed by atoms with van der Waals surface area (Å²) in [7, 11) is 2.15. The van der Waals surface area contributed by atoms with Crippen molar-refractivity contribution in [2.75, 3.05) is 20.1 Å². The van der Waals surface area contributed by atoms with Gasteiger partial charge in [0.25, 0.3) is 0 Å². The molecule has 18 heavy (non-hydrogen) atoms. The number of likely N-dealkylation sites (N-methyl/N-ethyl adjacent to an activating group) is 1. The Kier molecular flexibility index (Phi) is 4.71. The molecule has 1 aliphatic heterocycles. The van der Waals surface area contributed by atoms with E-state index in [9.17, 15) is 0 Å². The smallest absolute Gasteiger partial charge is 0.0271 e. The first-order valence-corrected chi connectivity index (χ1v) is 7.99. The van der Waals surface area contributed by atoms with Crippen molar-refractivity contribution < 1.29 is 0 Å². The molecule has 3 atom stereocenters. The molecule has 1 N–H and O–H groups in total. The predicted octanol–water partition coefficient (Wildman–Crippen LogP) is 3.28. The average molecular weight is 252 g/mol. The maximum Gasteiger partial charge on any atom is 0.0271 e. The van der Waals surface area contributed by atoms with Crippen LogP contribution in [0.1, 0.15) is 59.3 Å². The fraction of sp³-hybridized carbons (Fsp3) is 1.00. The minimum absolute atomic E-state index is 0.468. The highest BCUT2D eigenvalue weighted by Gasteiger charge is 2.43. The number of nitrogens with one attached hydrogen (secondary N) is 1. The molecule has 0 aromatic heterocycles. The molecule has 2 nitrogen and oxygen atoms in total. The van der Waals surface area contributed by atoms with Gasteiger partial charge in [-0.1, -0.05) is 27.2 Å². The van der Waals surface area contributed by atoms with Crippen molar-refractivity contribution in [2.45, 2.75) is 71.4 Å². The lowest BCUT2D eigenvalue weighted by molar-refractivity contribution is 0.151. The minimum atomic E-state index is 0.468. The van der Waals surface area contributed by atoms with Crippen molar-refractivity contribution in [1.82, 2.24) is 10.2 Å². The molecule has 0 amide bonds. The van der Waals surface area contributed by atoms with E-state index in [-0.39, 0.29) is 0 Å². The summed E-state index contributed by atoms with van der Waals surface area (Å²) < 4.78 is 0. The maximum atomic E-state index is 3.61. The lowest BCUT2D eigenvalue weighted by atomic mass is 9.86. The number of nitrogens with zero attached hydrogens (tertiary/aromatic N) is 1. The molecule has 2 rings (SSSR count). The Morgan fingerprint density at radius 3 is 2.61 bits per heavy atom. The van der Waals surface area contributed by atoms with Crippen molar-refractivity contribution in [3.63, 3.8) is 0 Å². The van der Waals surface area contributed by atoms with E-state index < -0.39 is 0 Å². The third-order valence-corrected chi connectivity index (χ3v) is 5.55. The first-order chi connectivity index (χ1) is 8.58. The average Bonchev–Trinajstić information content (AvgIpc) is 2.54. The fourth-order valence-electron chi connectivity index (χ4n) is 4.27. The second-order valence-electron chi connectivity index (χ2n) is 7.10. The number of rotatable bonds is 3. The van der Waals surface area contributed by atoms with Crippen LogP contribution in [0.25, 0.3) is 0 Å². The zero-order chi connectivity index (χ0) is 13.2. The van der Waals surface area contributed by atoms with E-state index in [4.69, 9.17) is 0 Å². The molecular weight excluding hydrogens is 220 g/mol. The SMILES string of the molecule is CCC1CCCN(C2CCC(C)(C)C2NC)CC1. The van der Waals surface area contributed by atoms with Gasteiger partial charge in [0.2, 0.25) is 0 Å². The Morgan fingerprint density at radius 1 is 1.17 bits per heavy atom. The quantitative estimate of drug-likeness (QED) is 0.829. The largest absolute Gasteiger partial charge is 0.315 e. The molecule has 0 bridgehead atoms. The Bertz CT molecular complexity index is 262. The van der Waals surface area contributed by atoms with Crippen LogP contribution in [0.15, 0.2) is 0 Å². The second-order valence-corrected chi connectivity index (χ2v) is 7.10. The molecule has 0 aromatic rings. The normalized spacial score (nSPS) is 37.7. The monoisotopic (exact) mass is 252 g/mol. The van der Waals surface area contributed by atoms with Crippen LogP contribution in [0, 0.1) is 11.3 Å². The van der Waals surface area contributed by atoms with Gasteiger partial charge in [0.15, 0.2) is 0 Å². The second kappa shape index (κ2) is 5.92. The Hall–Kier alpha value is -0.0800. The van der Waals surface area contributed by atoms with E-state index in [0.717, 1.165) is 12.0 Å². The van der Waals surface area contributed by atoms with Crippen LogP contribution < -0.4 is 5.32 Å². The topological polar surface area (TPSA) is 15.3 Å². The van der Waals surface area contributed by atoms with Gasteiger partial charge >= 0.3 is 0 Å². The molecule has 0 aromatic carbocycles. The summed E-state index contributed by atoms with van der Waals surface area (Å²) in [5, 5.41) is 3.61. The summed E-state index contributed by atoms with van der Waals surface area (Å²) in [6.45, 7) is 9.88. The van der Waals surface area contributed by atoms with Gasteiger partial charge in [-0.25, -0.2) is 0 Å². The van der Waals surface area contributed by atoms with Gasteiger partial charge in [0.1, 0.15) is 0 Å². The first kappa shape index (κ1) is 14.3. The molecule has 1 aliphatic carbocycles. The van der Waals surface area contributed by atoms with E-state index >= 15 is 0 Å². The summed E-state index contributed by atoms with van der Waals surface area (Å²) in [4.78, 5) is 2.80. The van der Waals surface area contributed by atoms with Crippen LogP contribution in [0.5, 0.6) is 0 Å². The molecule has 2 aliphatic rings.